The van der Waals surface area contributed by atoms with Crippen molar-refractivity contribution in [1.29, 1.82) is 0 Å². The molecule has 5 heteroatoms. The van der Waals surface area contributed by atoms with Crippen molar-refractivity contribution >= 4 is 24.7 Å². The summed E-state index contributed by atoms with van der Waals surface area (Å²) in [5, 5.41) is 0. The Labute approximate surface area is 70.5 Å². The maximum atomic E-state index is 5.05. The maximum Gasteiger partial charge on any atom is 0.543 e. The van der Waals surface area contributed by atoms with Gasteiger partial charge in [0.25, 0.3) is 0 Å². The van der Waals surface area contributed by atoms with Crippen LogP contribution in [-0.4, -0.2) is 30.1 Å². The molecule has 10 heavy (non-hydrogen) atoms. The van der Waals surface area contributed by atoms with Gasteiger partial charge in [-0.2, -0.15) is 0 Å². The van der Waals surface area contributed by atoms with Crippen LogP contribution in [0.15, 0.2) is 10.7 Å². The average molecular weight is 227 g/mol. The molecule has 0 aromatic heterocycles. The molecule has 0 aliphatic heterocycles. The van der Waals surface area contributed by atoms with E-state index < -0.39 is 8.80 Å². The first kappa shape index (κ1) is 10.3. The van der Waals surface area contributed by atoms with Crippen LogP contribution in [0.25, 0.3) is 0 Å². The largest absolute Gasteiger partial charge is 0.543 e. The number of hydrogen-bond donors (Lipinski definition) is 0. The van der Waals surface area contributed by atoms with Crippen LogP contribution < -0.4 is 0 Å². The normalized spacial score (nSPS) is 11.6. The smallest absolute Gasteiger partial charge is 0.373 e. The van der Waals surface area contributed by atoms with Crippen LogP contribution in [0.4, 0.5) is 0 Å². The third-order valence-corrected chi connectivity index (χ3v) is 4.87. The van der Waals surface area contributed by atoms with Gasteiger partial charge >= 0.3 is 8.80 Å². The molecule has 0 saturated carbocycles. The van der Waals surface area contributed by atoms with Gasteiger partial charge in [-0.05, 0) is 0 Å². The summed E-state index contributed by atoms with van der Waals surface area (Å²) < 4.78 is 15.8. The van der Waals surface area contributed by atoms with Crippen molar-refractivity contribution in [2.75, 3.05) is 21.3 Å². The number of hydrogen-bond acceptors (Lipinski definition) is 3. The molecular weight excluding hydrogens is 216 g/mol. The summed E-state index contributed by atoms with van der Waals surface area (Å²) in [6.45, 7) is 3.64. The van der Waals surface area contributed by atoms with E-state index in [0.29, 0.717) is 4.11 Å². The number of rotatable bonds is 4. The Bertz CT molecular complexity index is 116. The van der Waals surface area contributed by atoms with E-state index in [1.807, 2.05) is 0 Å². The molecule has 0 spiro atoms. The van der Waals surface area contributed by atoms with E-state index in [0.717, 1.165) is 0 Å². The Balaban J connectivity index is 4.31. The molecule has 0 rings (SSSR count). The molecule has 0 aliphatic carbocycles. The van der Waals surface area contributed by atoms with Gasteiger partial charge in [-0.25, -0.2) is 0 Å². The molecule has 3 nitrogen and oxygen atoms in total. The molecule has 0 N–H and O–H groups in total. The predicted octanol–water partition coefficient (Wildman–Crippen LogP) is 1.31. The Kier molecular flexibility index (Phi) is 4.38. The molecule has 0 unspecified atom stereocenters. The fourth-order valence-corrected chi connectivity index (χ4v) is 3.20. The molecule has 0 fully saturated rings. The first-order valence-corrected chi connectivity index (χ1v) is 5.15. The van der Waals surface area contributed by atoms with Gasteiger partial charge in [0.15, 0.2) is 0 Å². The topological polar surface area (TPSA) is 27.7 Å². The van der Waals surface area contributed by atoms with Crippen molar-refractivity contribution < 1.29 is 13.3 Å². The lowest BCUT2D eigenvalue weighted by Gasteiger charge is -2.22. The lowest BCUT2D eigenvalue weighted by atomic mass is 11.3. The summed E-state index contributed by atoms with van der Waals surface area (Å²) in [6.07, 6.45) is 0. The molecule has 0 bridgehead atoms. The zero-order valence-corrected chi connectivity index (χ0v) is 8.90. The first-order valence-electron chi connectivity index (χ1n) is 2.63. The first-order chi connectivity index (χ1) is 4.63. The van der Waals surface area contributed by atoms with Crippen molar-refractivity contribution in [3.8, 4) is 0 Å². The summed E-state index contributed by atoms with van der Waals surface area (Å²) in [5.41, 5.74) is 0. The quantitative estimate of drug-likeness (QED) is 0.678. The highest BCUT2D eigenvalue weighted by atomic mass is 79.9. The third kappa shape index (κ3) is 1.90. The highest BCUT2D eigenvalue weighted by Gasteiger charge is 2.40. The Morgan fingerprint density at radius 2 is 1.50 bits per heavy atom. The molecule has 0 saturated heterocycles. The van der Waals surface area contributed by atoms with E-state index in [1.165, 1.54) is 21.3 Å². The van der Waals surface area contributed by atoms with E-state index in [4.69, 9.17) is 13.3 Å². The highest BCUT2D eigenvalue weighted by molar-refractivity contribution is 9.12. The summed E-state index contributed by atoms with van der Waals surface area (Å²) in [5.74, 6) is 0. The van der Waals surface area contributed by atoms with Gasteiger partial charge in [-0.3, -0.25) is 0 Å². The van der Waals surface area contributed by atoms with Crippen LogP contribution in [0, 0.1) is 0 Å². The molecule has 60 valence electrons. The lowest BCUT2D eigenvalue weighted by Crippen LogP contribution is -2.43. The van der Waals surface area contributed by atoms with Gasteiger partial charge < -0.3 is 13.3 Å². The van der Waals surface area contributed by atoms with Crippen LogP contribution in [0.1, 0.15) is 0 Å². The van der Waals surface area contributed by atoms with Gasteiger partial charge in [0.1, 0.15) is 0 Å². The number of halogens is 1. The van der Waals surface area contributed by atoms with Gasteiger partial charge in [0, 0.05) is 21.3 Å². The van der Waals surface area contributed by atoms with E-state index >= 15 is 0 Å². The second-order valence-corrected chi connectivity index (χ2v) is 6.20. The van der Waals surface area contributed by atoms with Crippen LogP contribution in [-0.2, 0) is 13.3 Å². The zero-order valence-electron chi connectivity index (χ0n) is 6.31. The van der Waals surface area contributed by atoms with Crippen LogP contribution in [0.3, 0.4) is 0 Å². The van der Waals surface area contributed by atoms with E-state index in [1.54, 1.807) is 0 Å². The van der Waals surface area contributed by atoms with Crippen molar-refractivity contribution in [3.05, 3.63) is 10.7 Å². The molecule has 0 aromatic carbocycles. The summed E-state index contributed by atoms with van der Waals surface area (Å²) in [6, 6.07) is 0. The van der Waals surface area contributed by atoms with E-state index in [-0.39, 0.29) is 0 Å². The van der Waals surface area contributed by atoms with E-state index in [2.05, 4.69) is 22.5 Å². The monoisotopic (exact) mass is 226 g/mol. The van der Waals surface area contributed by atoms with Crippen molar-refractivity contribution in [1.82, 2.24) is 0 Å². The van der Waals surface area contributed by atoms with Gasteiger partial charge in [0.05, 0.1) is 4.11 Å². The Morgan fingerprint density at radius 3 is 1.50 bits per heavy atom. The van der Waals surface area contributed by atoms with Crippen molar-refractivity contribution in [3.63, 3.8) is 0 Å². The fourth-order valence-electron chi connectivity index (χ4n) is 0.582. The minimum Gasteiger partial charge on any atom is -0.373 e. The molecule has 0 amide bonds. The predicted molar refractivity (Wildman–Crippen MR) is 44.8 cm³/mol. The fraction of sp³-hybridized carbons (Fsp3) is 0.600. The van der Waals surface area contributed by atoms with Crippen molar-refractivity contribution in [2.45, 2.75) is 0 Å². The van der Waals surface area contributed by atoms with Gasteiger partial charge in [0.2, 0.25) is 0 Å². The van der Waals surface area contributed by atoms with Crippen LogP contribution >= 0.6 is 15.9 Å². The minimum atomic E-state index is -2.57. The summed E-state index contributed by atoms with van der Waals surface area (Å²) >= 11 is 3.17. The average Bonchev–Trinajstić information content (AvgIpc) is 1.92. The molecule has 0 heterocycles. The van der Waals surface area contributed by atoms with Gasteiger partial charge in [-0.1, -0.05) is 22.5 Å². The van der Waals surface area contributed by atoms with Gasteiger partial charge in [-0.15, -0.1) is 0 Å². The Hall–Kier alpha value is 0.317. The summed E-state index contributed by atoms with van der Waals surface area (Å²) in [7, 11) is 2.03. The molecular formula is C5H11BrO3Si. The maximum absolute atomic E-state index is 5.05. The second kappa shape index (κ2) is 4.25. The van der Waals surface area contributed by atoms with Crippen LogP contribution in [0.5, 0.6) is 0 Å². The lowest BCUT2D eigenvalue weighted by molar-refractivity contribution is 0.137. The SMILES string of the molecule is C=C(Br)[Si](OC)(OC)OC. The Morgan fingerprint density at radius 1 is 1.20 bits per heavy atom. The van der Waals surface area contributed by atoms with E-state index in [9.17, 15) is 0 Å². The highest BCUT2D eigenvalue weighted by Crippen LogP contribution is 2.20. The molecule has 0 aromatic rings. The molecule has 0 aliphatic rings. The van der Waals surface area contributed by atoms with Crippen molar-refractivity contribution in [2.24, 2.45) is 0 Å². The van der Waals surface area contributed by atoms with Crippen LogP contribution in [0.2, 0.25) is 0 Å². The minimum absolute atomic E-state index is 0.632. The third-order valence-electron chi connectivity index (χ3n) is 1.14. The second-order valence-electron chi connectivity index (χ2n) is 1.57. The standard InChI is InChI=1S/C5H11BrO3Si/c1-5(6)10(7-2,8-3)9-4/h1H2,2-4H3. The molecule has 0 radical (unpaired) electrons. The molecule has 0 atom stereocenters. The zero-order chi connectivity index (χ0) is 8.20. The summed E-state index contributed by atoms with van der Waals surface area (Å²) in [4.78, 5) is 0.